The number of aliphatic hydroxyl groups excluding tert-OH is 1. The molecule has 1 heterocycles. The van der Waals surface area contributed by atoms with Crippen LogP contribution in [0, 0.1) is 0 Å². The van der Waals surface area contributed by atoms with Gasteiger partial charge in [-0.1, -0.05) is 25.0 Å². The molecule has 1 aromatic carbocycles. The van der Waals surface area contributed by atoms with Crippen molar-refractivity contribution < 1.29 is 5.11 Å². The predicted molar refractivity (Wildman–Crippen MR) is 75.4 cm³/mol. The fourth-order valence-electron chi connectivity index (χ4n) is 2.69. The summed E-state index contributed by atoms with van der Waals surface area (Å²) in [5.41, 5.74) is 9.71. The van der Waals surface area contributed by atoms with Gasteiger partial charge in [0.05, 0.1) is 0 Å². The van der Waals surface area contributed by atoms with Crippen LogP contribution in [0.5, 0.6) is 0 Å². The van der Waals surface area contributed by atoms with E-state index in [-0.39, 0.29) is 0 Å². The third kappa shape index (κ3) is 3.47. The second kappa shape index (κ2) is 6.76. The van der Waals surface area contributed by atoms with E-state index in [9.17, 15) is 0 Å². The molecule has 0 unspecified atom stereocenters. The average Bonchev–Trinajstić information content (AvgIpc) is 2.39. The average molecular weight is 248 g/mol. The van der Waals surface area contributed by atoms with Crippen molar-refractivity contribution >= 4 is 5.69 Å². The van der Waals surface area contributed by atoms with Crippen molar-refractivity contribution in [2.75, 3.05) is 25.4 Å². The Hall–Kier alpha value is -1.06. The summed E-state index contributed by atoms with van der Waals surface area (Å²) in [4.78, 5) is 2.51. The molecule has 18 heavy (non-hydrogen) atoms. The molecule has 0 aromatic heterocycles. The van der Waals surface area contributed by atoms with Gasteiger partial charge in [0.2, 0.25) is 0 Å². The molecule has 1 aliphatic rings. The van der Waals surface area contributed by atoms with E-state index in [0.717, 1.165) is 38.0 Å². The number of benzene rings is 1. The van der Waals surface area contributed by atoms with E-state index in [2.05, 4.69) is 17.0 Å². The van der Waals surface area contributed by atoms with Gasteiger partial charge in [0, 0.05) is 25.4 Å². The van der Waals surface area contributed by atoms with Crippen molar-refractivity contribution in [2.24, 2.45) is 0 Å². The summed E-state index contributed by atoms with van der Waals surface area (Å²) in [5.74, 6) is 0. The third-order valence-corrected chi connectivity index (χ3v) is 3.76. The monoisotopic (exact) mass is 248 g/mol. The fourth-order valence-corrected chi connectivity index (χ4v) is 2.69. The van der Waals surface area contributed by atoms with Crippen LogP contribution in [0.3, 0.4) is 0 Å². The molecule has 0 bridgehead atoms. The van der Waals surface area contributed by atoms with E-state index in [1.807, 2.05) is 6.07 Å². The molecule has 3 heteroatoms. The van der Waals surface area contributed by atoms with E-state index in [1.165, 1.54) is 30.5 Å². The summed E-state index contributed by atoms with van der Waals surface area (Å²) in [6.45, 7) is 3.66. The molecule has 2 rings (SSSR count). The maximum Gasteiger partial charge on any atom is 0.0431 e. The number of fused-ring (bicyclic) bond motifs is 1. The Morgan fingerprint density at radius 2 is 2.00 bits per heavy atom. The smallest absolute Gasteiger partial charge is 0.0431 e. The highest BCUT2D eigenvalue weighted by Gasteiger charge is 2.16. The first-order valence-electron chi connectivity index (χ1n) is 7.00. The maximum absolute atomic E-state index is 8.73. The SMILES string of the molecule is Nc1cccc2c1CCN(CCCCCCO)C2. The zero-order valence-electron chi connectivity index (χ0n) is 11.1. The molecule has 1 aromatic rings. The third-order valence-electron chi connectivity index (χ3n) is 3.76. The summed E-state index contributed by atoms with van der Waals surface area (Å²) in [6.07, 6.45) is 5.63. The zero-order valence-corrected chi connectivity index (χ0v) is 11.1. The van der Waals surface area contributed by atoms with Gasteiger partial charge in [-0.3, -0.25) is 4.90 Å². The molecule has 0 atom stereocenters. The van der Waals surface area contributed by atoms with Gasteiger partial charge in [-0.2, -0.15) is 0 Å². The molecule has 3 nitrogen and oxygen atoms in total. The first-order chi connectivity index (χ1) is 8.81. The molecule has 0 fully saturated rings. The minimum absolute atomic E-state index is 0.330. The van der Waals surface area contributed by atoms with Crippen LogP contribution in [0.25, 0.3) is 0 Å². The Morgan fingerprint density at radius 3 is 2.83 bits per heavy atom. The normalized spacial score (nSPS) is 15.6. The Kier molecular flexibility index (Phi) is 5.02. The van der Waals surface area contributed by atoms with Crippen molar-refractivity contribution in [1.29, 1.82) is 0 Å². The van der Waals surface area contributed by atoms with Crippen LogP contribution in [0.4, 0.5) is 5.69 Å². The van der Waals surface area contributed by atoms with E-state index < -0.39 is 0 Å². The zero-order chi connectivity index (χ0) is 12.8. The second-order valence-corrected chi connectivity index (χ2v) is 5.15. The number of aliphatic hydroxyl groups is 1. The number of nitrogens with two attached hydrogens (primary N) is 1. The van der Waals surface area contributed by atoms with Crippen LogP contribution in [0.15, 0.2) is 18.2 Å². The lowest BCUT2D eigenvalue weighted by atomic mass is 9.98. The number of hydrogen-bond donors (Lipinski definition) is 2. The standard InChI is InChI=1S/C15H24N2O/c16-15-7-5-6-13-12-17(10-8-14(13)15)9-3-1-2-4-11-18/h5-7,18H,1-4,8-12,16H2. The van der Waals surface area contributed by atoms with Crippen LogP contribution >= 0.6 is 0 Å². The number of hydrogen-bond acceptors (Lipinski definition) is 3. The van der Waals surface area contributed by atoms with Crippen LogP contribution in [-0.2, 0) is 13.0 Å². The minimum atomic E-state index is 0.330. The molecule has 0 saturated heterocycles. The maximum atomic E-state index is 8.73. The van der Waals surface area contributed by atoms with Crippen LogP contribution in [-0.4, -0.2) is 29.7 Å². The molecule has 3 N–H and O–H groups in total. The summed E-state index contributed by atoms with van der Waals surface area (Å²) >= 11 is 0. The number of nitrogens with zero attached hydrogens (tertiary/aromatic N) is 1. The van der Waals surface area contributed by atoms with Gasteiger partial charge in [0.15, 0.2) is 0 Å². The topological polar surface area (TPSA) is 49.5 Å². The largest absolute Gasteiger partial charge is 0.398 e. The van der Waals surface area contributed by atoms with E-state index >= 15 is 0 Å². The lowest BCUT2D eigenvalue weighted by Gasteiger charge is -2.29. The summed E-state index contributed by atoms with van der Waals surface area (Å²) in [6, 6.07) is 6.26. The Balaban J connectivity index is 1.78. The molecule has 0 saturated carbocycles. The number of anilines is 1. The van der Waals surface area contributed by atoms with Crippen LogP contribution in [0.1, 0.15) is 36.8 Å². The summed E-state index contributed by atoms with van der Waals surface area (Å²) in [7, 11) is 0. The van der Waals surface area contributed by atoms with E-state index in [0.29, 0.717) is 6.61 Å². The fraction of sp³-hybridized carbons (Fsp3) is 0.600. The molecule has 0 aliphatic carbocycles. The van der Waals surface area contributed by atoms with E-state index in [1.54, 1.807) is 0 Å². The van der Waals surface area contributed by atoms with Crippen molar-refractivity contribution in [3.05, 3.63) is 29.3 Å². The molecular weight excluding hydrogens is 224 g/mol. The first kappa shape index (κ1) is 13.4. The van der Waals surface area contributed by atoms with Crippen molar-refractivity contribution in [2.45, 2.75) is 38.6 Å². The van der Waals surface area contributed by atoms with Crippen molar-refractivity contribution in [3.8, 4) is 0 Å². The number of unbranched alkanes of at least 4 members (excludes halogenated alkanes) is 3. The summed E-state index contributed by atoms with van der Waals surface area (Å²) < 4.78 is 0. The number of nitrogen functional groups attached to an aromatic ring is 1. The number of rotatable bonds is 6. The molecule has 0 spiro atoms. The van der Waals surface area contributed by atoms with Gasteiger partial charge >= 0.3 is 0 Å². The Bertz CT molecular complexity index is 379. The van der Waals surface area contributed by atoms with Gasteiger partial charge in [-0.25, -0.2) is 0 Å². The highest BCUT2D eigenvalue weighted by molar-refractivity contribution is 5.51. The molecular formula is C15H24N2O. The summed E-state index contributed by atoms with van der Waals surface area (Å²) in [5, 5.41) is 8.73. The minimum Gasteiger partial charge on any atom is -0.398 e. The van der Waals surface area contributed by atoms with Crippen molar-refractivity contribution in [3.63, 3.8) is 0 Å². The molecule has 0 amide bonds. The van der Waals surface area contributed by atoms with Crippen molar-refractivity contribution in [1.82, 2.24) is 4.90 Å². The predicted octanol–water partition coefficient (Wildman–Crippen LogP) is 2.18. The molecule has 1 aliphatic heterocycles. The Labute approximate surface area is 110 Å². The molecule has 0 radical (unpaired) electrons. The highest BCUT2D eigenvalue weighted by Crippen LogP contribution is 2.24. The lowest BCUT2D eigenvalue weighted by Crippen LogP contribution is -2.31. The van der Waals surface area contributed by atoms with Gasteiger partial charge < -0.3 is 10.8 Å². The quantitative estimate of drug-likeness (QED) is 0.599. The van der Waals surface area contributed by atoms with Gasteiger partial charge in [-0.05, 0) is 43.0 Å². The van der Waals surface area contributed by atoms with Gasteiger partial charge in [0.25, 0.3) is 0 Å². The Morgan fingerprint density at radius 1 is 1.17 bits per heavy atom. The molecule has 100 valence electrons. The van der Waals surface area contributed by atoms with E-state index in [4.69, 9.17) is 10.8 Å². The first-order valence-corrected chi connectivity index (χ1v) is 7.00. The second-order valence-electron chi connectivity index (χ2n) is 5.15. The highest BCUT2D eigenvalue weighted by atomic mass is 16.2. The van der Waals surface area contributed by atoms with Crippen LogP contribution in [0.2, 0.25) is 0 Å². The van der Waals surface area contributed by atoms with Gasteiger partial charge in [-0.15, -0.1) is 0 Å². The lowest BCUT2D eigenvalue weighted by molar-refractivity contribution is 0.244. The van der Waals surface area contributed by atoms with Gasteiger partial charge in [0.1, 0.15) is 0 Å². The van der Waals surface area contributed by atoms with Crippen LogP contribution < -0.4 is 5.73 Å².